The Morgan fingerprint density at radius 3 is 2.50 bits per heavy atom. The monoisotopic (exact) mass is 328 g/mol. The van der Waals surface area contributed by atoms with E-state index in [1.165, 1.54) is 0 Å². The first-order valence-electron chi connectivity index (χ1n) is 8.27. The summed E-state index contributed by atoms with van der Waals surface area (Å²) in [7, 11) is 0. The first-order valence-corrected chi connectivity index (χ1v) is 8.27. The number of carbonyl (C=O) groups excluding carboxylic acids is 2. The third-order valence-corrected chi connectivity index (χ3v) is 5.03. The number of carbonyl (C=O) groups is 2. The molecule has 1 spiro atoms. The normalized spacial score (nSPS) is 38.8. The van der Waals surface area contributed by atoms with E-state index in [-0.39, 0.29) is 23.4 Å². The Labute approximate surface area is 142 Å². The van der Waals surface area contributed by atoms with Crippen molar-refractivity contribution in [2.45, 2.75) is 58.7 Å². The zero-order chi connectivity index (χ0) is 17.9. The second-order valence-corrected chi connectivity index (χ2v) is 8.13. The lowest BCUT2D eigenvalue weighted by molar-refractivity contribution is -0.129. The van der Waals surface area contributed by atoms with Crippen LogP contribution in [0.25, 0.3) is 0 Å². The molecule has 1 aliphatic carbocycles. The van der Waals surface area contributed by atoms with Gasteiger partial charge in [-0.1, -0.05) is 19.9 Å². The van der Waals surface area contributed by atoms with Gasteiger partial charge in [-0.3, -0.25) is 9.59 Å². The fourth-order valence-corrected chi connectivity index (χ4v) is 3.71. The molecule has 0 amide bonds. The summed E-state index contributed by atoms with van der Waals surface area (Å²) in [4.78, 5) is 25.4. The molecule has 3 aliphatic rings. The van der Waals surface area contributed by atoms with Crippen molar-refractivity contribution in [3.63, 3.8) is 0 Å². The van der Waals surface area contributed by atoms with E-state index in [0.717, 1.165) is 0 Å². The Hall–Kier alpha value is -1.94. The maximum absolute atomic E-state index is 13.0. The van der Waals surface area contributed by atoms with Crippen molar-refractivity contribution in [1.82, 2.24) is 0 Å². The summed E-state index contributed by atoms with van der Waals surface area (Å²) in [5.74, 6) is 0.443. The molecule has 0 unspecified atom stereocenters. The van der Waals surface area contributed by atoms with Gasteiger partial charge in [0, 0.05) is 24.0 Å². The molecular formula is C20H24O4. The van der Waals surface area contributed by atoms with Crippen molar-refractivity contribution in [3.8, 4) is 0 Å². The van der Waals surface area contributed by atoms with Crippen LogP contribution in [0.4, 0.5) is 0 Å². The average molecular weight is 328 g/mol. The Morgan fingerprint density at radius 2 is 1.83 bits per heavy atom. The van der Waals surface area contributed by atoms with Crippen LogP contribution in [-0.4, -0.2) is 27.9 Å². The highest BCUT2D eigenvalue weighted by molar-refractivity contribution is 6.08. The molecule has 0 aromatic carbocycles. The lowest BCUT2D eigenvalue weighted by atomic mass is 9.83. The predicted octanol–water partition coefficient (Wildman–Crippen LogP) is 3.18. The highest BCUT2D eigenvalue weighted by atomic mass is 16.5. The van der Waals surface area contributed by atoms with Crippen LogP contribution in [0.5, 0.6) is 0 Å². The number of hydrogen-bond acceptors (Lipinski definition) is 4. The van der Waals surface area contributed by atoms with Gasteiger partial charge in [0.25, 0.3) is 0 Å². The minimum Gasteiger partial charge on any atom is -0.478 e. The van der Waals surface area contributed by atoms with E-state index >= 15 is 0 Å². The summed E-state index contributed by atoms with van der Waals surface area (Å²) in [6.07, 6.45) is 7.48. The van der Waals surface area contributed by atoms with Gasteiger partial charge in [0.05, 0.1) is 5.60 Å². The average Bonchev–Trinajstić information content (AvgIpc) is 2.83. The minimum atomic E-state index is -1.20. The van der Waals surface area contributed by atoms with Crippen LogP contribution in [0.15, 0.2) is 46.8 Å². The number of fused-ring (bicyclic) bond motifs is 1. The predicted molar refractivity (Wildman–Crippen MR) is 91.1 cm³/mol. The number of aliphatic hydroxyl groups is 1. The molecule has 2 aliphatic heterocycles. The molecule has 2 heterocycles. The Balaban J connectivity index is 2.20. The van der Waals surface area contributed by atoms with Gasteiger partial charge in [-0.15, -0.1) is 0 Å². The van der Waals surface area contributed by atoms with E-state index in [1.54, 1.807) is 39.0 Å². The van der Waals surface area contributed by atoms with Gasteiger partial charge in [-0.2, -0.15) is 0 Å². The van der Waals surface area contributed by atoms with Crippen LogP contribution in [0.3, 0.4) is 0 Å². The lowest BCUT2D eigenvalue weighted by Gasteiger charge is -2.29. The topological polar surface area (TPSA) is 63.6 Å². The van der Waals surface area contributed by atoms with Crippen molar-refractivity contribution in [3.05, 3.63) is 46.8 Å². The molecule has 3 rings (SSSR count). The third kappa shape index (κ3) is 2.59. The summed E-state index contributed by atoms with van der Waals surface area (Å²) >= 11 is 0. The van der Waals surface area contributed by atoms with E-state index in [0.29, 0.717) is 28.9 Å². The third-order valence-electron chi connectivity index (χ3n) is 5.03. The molecule has 2 bridgehead atoms. The maximum atomic E-state index is 13.0. The Morgan fingerprint density at radius 1 is 1.17 bits per heavy atom. The molecule has 0 saturated heterocycles. The SMILES string of the molecule is CC1=C2CC(C)(C)/C=C\C(=O)/C(C)=C\C3=C[C@@](C)(O)C[C@]3(O2)C1=O. The second kappa shape index (κ2) is 5.03. The van der Waals surface area contributed by atoms with Crippen molar-refractivity contribution in [1.29, 1.82) is 0 Å². The zero-order valence-electron chi connectivity index (χ0n) is 14.9. The van der Waals surface area contributed by atoms with Crippen molar-refractivity contribution in [2.75, 3.05) is 0 Å². The maximum Gasteiger partial charge on any atom is 0.210 e. The number of allylic oxidation sites excluding steroid dienone is 4. The molecule has 0 aromatic rings. The number of rotatable bonds is 0. The summed E-state index contributed by atoms with van der Waals surface area (Å²) in [6.45, 7) is 9.18. The summed E-state index contributed by atoms with van der Waals surface area (Å²) < 4.78 is 6.20. The minimum absolute atomic E-state index is 0.0957. The highest BCUT2D eigenvalue weighted by Gasteiger charge is 2.57. The largest absolute Gasteiger partial charge is 0.478 e. The Kier molecular flexibility index (Phi) is 3.54. The van der Waals surface area contributed by atoms with E-state index in [1.807, 2.05) is 19.9 Å². The number of hydrogen-bond donors (Lipinski definition) is 1. The number of Topliss-reactive ketones (excluding diaryl/α,β-unsaturated/α-hetero) is 1. The summed E-state index contributed by atoms with van der Waals surface area (Å²) in [6, 6.07) is 0. The van der Waals surface area contributed by atoms with Crippen molar-refractivity contribution >= 4 is 11.6 Å². The summed E-state index contributed by atoms with van der Waals surface area (Å²) in [5, 5.41) is 10.5. The lowest BCUT2D eigenvalue weighted by Crippen LogP contribution is -2.40. The molecule has 0 fully saturated rings. The standard InChI is InChI=1S/C20H24O4/c1-12-8-14-9-19(5,23)11-20(14)17(22)13(2)16(24-20)10-18(3,4)7-6-15(12)21/h6-9,23H,10-11H2,1-5H3/b7-6-,12-8-/t19-,20-/m1/s1. The van der Waals surface area contributed by atoms with Gasteiger partial charge in [0.15, 0.2) is 11.4 Å². The molecule has 4 heteroatoms. The number of ketones is 2. The van der Waals surface area contributed by atoms with Crippen LogP contribution in [0.2, 0.25) is 0 Å². The summed E-state index contributed by atoms with van der Waals surface area (Å²) in [5.41, 5.74) is -0.951. The fraction of sp³-hybridized carbons (Fsp3) is 0.500. The van der Waals surface area contributed by atoms with Crippen LogP contribution >= 0.6 is 0 Å². The second-order valence-electron chi connectivity index (χ2n) is 8.13. The smallest absolute Gasteiger partial charge is 0.210 e. The zero-order valence-corrected chi connectivity index (χ0v) is 14.9. The number of ether oxygens (including phenoxy) is 1. The van der Waals surface area contributed by atoms with Crippen molar-refractivity contribution in [2.24, 2.45) is 5.41 Å². The first kappa shape index (κ1) is 16.9. The van der Waals surface area contributed by atoms with E-state index in [4.69, 9.17) is 4.74 Å². The van der Waals surface area contributed by atoms with E-state index in [2.05, 4.69) is 0 Å². The van der Waals surface area contributed by atoms with Gasteiger partial charge in [0.2, 0.25) is 5.78 Å². The highest BCUT2D eigenvalue weighted by Crippen LogP contribution is 2.50. The quantitative estimate of drug-likeness (QED) is 0.742. The van der Waals surface area contributed by atoms with E-state index < -0.39 is 11.2 Å². The van der Waals surface area contributed by atoms with Crippen LogP contribution in [0, 0.1) is 5.41 Å². The van der Waals surface area contributed by atoms with E-state index in [9.17, 15) is 14.7 Å². The van der Waals surface area contributed by atoms with Crippen molar-refractivity contribution < 1.29 is 19.4 Å². The molecule has 0 aromatic heterocycles. The van der Waals surface area contributed by atoms with Gasteiger partial charge >= 0.3 is 0 Å². The Bertz CT molecular complexity index is 759. The van der Waals surface area contributed by atoms with Crippen LogP contribution in [-0.2, 0) is 14.3 Å². The first-order chi connectivity index (χ1) is 11.0. The molecule has 2 atom stereocenters. The van der Waals surface area contributed by atoms with Gasteiger partial charge in [-0.05, 0) is 50.0 Å². The molecule has 24 heavy (non-hydrogen) atoms. The van der Waals surface area contributed by atoms with Gasteiger partial charge < -0.3 is 9.84 Å². The van der Waals surface area contributed by atoms with Crippen LogP contribution < -0.4 is 0 Å². The molecule has 128 valence electrons. The molecule has 4 nitrogen and oxygen atoms in total. The van der Waals surface area contributed by atoms with Gasteiger partial charge in [-0.25, -0.2) is 0 Å². The fourth-order valence-electron chi connectivity index (χ4n) is 3.71. The molecule has 0 saturated carbocycles. The molecular weight excluding hydrogens is 304 g/mol. The van der Waals surface area contributed by atoms with Crippen LogP contribution in [0.1, 0.15) is 47.5 Å². The molecule has 0 radical (unpaired) electrons. The van der Waals surface area contributed by atoms with Gasteiger partial charge in [0.1, 0.15) is 5.76 Å². The molecule has 1 N–H and O–H groups in total.